The van der Waals surface area contributed by atoms with Gasteiger partial charge in [0.05, 0.1) is 11.8 Å². The first-order valence-corrected chi connectivity index (χ1v) is 7.15. The molecule has 0 atom stereocenters. The lowest BCUT2D eigenvalue weighted by Crippen LogP contribution is -2.21. The minimum absolute atomic E-state index is 0.0235. The van der Waals surface area contributed by atoms with E-state index >= 15 is 0 Å². The highest BCUT2D eigenvalue weighted by Crippen LogP contribution is 2.15. The molecule has 0 fully saturated rings. The number of phenols is 1. The minimum atomic E-state index is -0.667. The number of aromatic amines is 1. The number of amides is 1. The molecule has 1 aromatic heterocycles. The van der Waals surface area contributed by atoms with Crippen LogP contribution in [-0.2, 0) is 6.54 Å². The highest BCUT2D eigenvalue weighted by atomic mass is 32.1. The Morgan fingerprint density at radius 3 is 2.79 bits per heavy atom. The van der Waals surface area contributed by atoms with Crippen molar-refractivity contribution in [3.8, 4) is 11.6 Å². The van der Waals surface area contributed by atoms with Crippen LogP contribution in [0.25, 0.3) is 0 Å². The monoisotopic (exact) mass is 346 g/mol. The number of para-hydroxylation sites is 1. The number of H-pyrrole nitrogens is 1. The molecule has 2 aromatic rings. The number of hydrazone groups is 1. The third-order valence-electron chi connectivity index (χ3n) is 3.03. The van der Waals surface area contributed by atoms with Crippen molar-refractivity contribution in [2.45, 2.75) is 6.54 Å². The van der Waals surface area contributed by atoms with Gasteiger partial charge in [-0.2, -0.15) is 5.10 Å². The molecule has 24 heavy (non-hydrogen) atoms. The van der Waals surface area contributed by atoms with Gasteiger partial charge in [-0.25, -0.2) is 5.43 Å². The molecule has 9 heteroatoms. The van der Waals surface area contributed by atoms with Crippen molar-refractivity contribution in [1.29, 1.82) is 0 Å². The van der Waals surface area contributed by atoms with E-state index in [1.807, 2.05) is 0 Å². The summed E-state index contributed by atoms with van der Waals surface area (Å²) in [6.45, 7) is 3.72. The zero-order valence-corrected chi connectivity index (χ0v) is 13.2. The van der Waals surface area contributed by atoms with E-state index in [4.69, 9.17) is 12.2 Å². The summed E-state index contributed by atoms with van der Waals surface area (Å²) in [6.07, 6.45) is 2.48. The van der Waals surface area contributed by atoms with E-state index in [1.165, 1.54) is 22.8 Å². The van der Waals surface area contributed by atoms with Gasteiger partial charge in [0.15, 0.2) is 4.77 Å². The largest absolute Gasteiger partial charge is 0.507 e. The molecule has 0 unspecified atom stereocenters. The Balaban J connectivity index is 2.27. The van der Waals surface area contributed by atoms with E-state index in [9.17, 15) is 19.8 Å². The van der Waals surface area contributed by atoms with Crippen molar-refractivity contribution in [3.63, 3.8) is 0 Å². The molecular formula is C15H14N4O4S. The summed E-state index contributed by atoms with van der Waals surface area (Å²) in [6, 6.07) is 5.92. The molecule has 4 N–H and O–H groups in total. The van der Waals surface area contributed by atoms with Crippen LogP contribution in [0.4, 0.5) is 0 Å². The van der Waals surface area contributed by atoms with Crippen LogP contribution in [0.1, 0.15) is 15.9 Å². The number of hydrogen-bond acceptors (Lipinski definition) is 6. The fraction of sp³-hybridized carbons (Fsp3) is 0.0667. The number of aromatic nitrogens is 2. The molecular weight excluding hydrogens is 332 g/mol. The summed E-state index contributed by atoms with van der Waals surface area (Å²) >= 11 is 4.94. The minimum Gasteiger partial charge on any atom is -0.507 e. The van der Waals surface area contributed by atoms with Crippen molar-refractivity contribution < 1.29 is 15.0 Å². The SMILES string of the molecule is C=CCn1c(O)c(/C=N/NC(=O)c2ccccc2O)c(=O)[nH]c1=S. The second kappa shape index (κ2) is 7.38. The van der Waals surface area contributed by atoms with Gasteiger partial charge in [0.25, 0.3) is 11.5 Å². The lowest BCUT2D eigenvalue weighted by atomic mass is 10.2. The number of allylic oxidation sites excluding steroid dienone is 1. The third-order valence-corrected chi connectivity index (χ3v) is 3.35. The van der Waals surface area contributed by atoms with Crippen LogP contribution in [-0.4, -0.2) is 31.9 Å². The third kappa shape index (κ3) is 3.58. The lowest BCUT2D eigenvalue weighted by Gasteiger charge is -2.08. The van der Waals surface area contributed by atoms with E-state index < -0.39 is 17.3 Å². The number of hydrogen-bond donors (Lipinski definition) is 4. The molecule has 0 saturated heterocycles. The van der Waals surface area contributed by atoms with Gasteiger partial charge >= 0.3 is 0 Å². The number of nitrogens with one attached hydrogen (secondary N) is 2. The van der Waals surface area contributed by atoms with Crippen molar-refractivity contribution in [3.05, 3.63) is 63.2 Å². The Kier molecular flexibility index (Phi) is 5.27. The molecule has 0 radical (unpaired) electrons. The fourth-order valence-electron chi connectivity index (χ4n) is 1.87. The fourth-order valence-corrected chi connectivity index (χ4v) is 2.12. The van der Waals surface area contributed by atoms with Crippen LogP contribution in [0.15, 0.2) is 46.8 Å². The molecule has 8 nitrogen and oxygen atoms in total. The molecule has 1 heterocycles. The van der Waals surface area contributed by atoms with Gasteiger partial charge in [0.2, 0.25) is 5.88 Å². The standard InChI is InChI=1S/C15H14N4O4S/c1-2-7-19-14(23)10(12(21)17-15(19)24)8-16-18-13(22)9-5-3-4-6-11(9)20/h2-6,8,20,23H,1,7H2,(H,18,22)(H,17,21,24)/b16-8+. The molecule has 0 bridgehead atoms. The van der Waals surface area contributed by atoms with Crippen molar-refractivity contribution in [2.75, 3.05) is 0 Å². The molecule has 0 aliphatic heterocycles. The van der Waals surface area contributed by atoms with E-state index in [0.29, 0.717) is 0 Å². The summed E-state index contributed by atoms with van der Waals surface area (Å²) in [5.74, 6) is -1.27. The number of benzene rings is 1. The highest BCUT2D eigenvalue weighted by molar-refractivity contribution is 7.71. The number of rotatable bonds is 5. The second-order valence-corrected chi connectivity index (χ2v) is 5.00. The van der Waals surface area contributed by atoms with E-state index in [0.717, 1.165) is 6.21 Å². The molecule has 124 valence electrons. The lowest BCUT2D eigenvalue weighted by molar-refractivity contribution is 0.0952. The van der Waals surface area contributed by atoms with Gasteiger partial charge in [0, 0.05) is 6.54 Å². The average Bonchev–Trinajstić information content (AvgIpc) is 2.54. The van der Waals surface area contributed by atoms with Crippen molar-refractivity contribution in [2.24, 2.45) is 5.10 Å². The number of nitrogens with zero attached hydrogens (tertiary/aromatic N) is 2. The summed E-state index contributed by atoms with van der Waals surface area (Å²) in [5, 5.41) is 23.3. The average molecular weight is 346 g/mol. The molecule has 1 aromatic carbocycles. The van der Waals surface area contributed by atoms with Gasteiger partial charge < -0.3 is 10.2 Å². The summed E-state index contributed by atoms with van der Waals surface area (Å²) in [7, 11) is 0. The molecule has 0 spiro atoms. The number of aromatic hydroxyl groups is 2. The van der Waals surface area contributed by atoms with Gasteiger partial charge in [-0.15, -0.1) is 6.58 Å². The normalized spacial score (nSPS) is 10.7. The first kappa shape index (κ1) is 17.2. The Morgan fingerprint density at radius 2 is 2.12 bits per heavy atom. The maximum absolute atomic E-state index is 11.9. The van der Waals surface area contributed by atoms with Crippen LogP contribution in [0.2, 0.25) is 0 Å². The summed E-state index contributed by atoms with van der Waals surface area (Å²) in [4.78, 5) is 26.1. The molecule has 0 aliphatic rings. The molecule has 2 rings (SSSR count). The van der Waals surface area contributed by atoms with E-state index in [2.05, 4.69) is 22.1 Å². The van der Waals surface area contributed by atoms with E-state index in [1.54, 1.807) is 12.1 Å². The summed E-state index contributed by atoms with van der Waals surface area (Å²) in [5.41, 5.74) is 1.35. The quantitative estimate of drug-likeness (QED) is 0.281. The van der Waals surface area contributed by atoms with Crippen molar-refractivity contribution in [1.82, 2.24) is 15.0 Å². The number of phenolic OH excluding ortho intramolecular Hbond substituents is 1. The van der Waals surface area contributed by atoms with Gasteiger partial charge in [0.1, 0.15) is 11.3 Å². The molecule has 0 saturated carbocycles. The smallest absolute Gasteiger partial charge is 0.275 e. The highest BCUT2D eigenvalue weighted by Gasteiger charge is 2.11. The Hall–Kier alpha value is -3.20. The Labute approximate surface area is 141 Å². The predicted octanol–water partition coefficient (Wildman–Crippen LogP) is 1.27. The second-order valence-electron chi connectivity index (χ2n) is 4.61. The first-order chi connectivity index (χ1) is 11.5. The summed E-state index contributed by atoms with van der Waals surface area (Å²) < 4.78 is 1.28. The van der Waals surface area contributed by atoms with Crippen LogP contribution < -0.4 is 11.0 Å². The van der Waals surface area contributed by atoms with Crippen LogP contribution in [0, 0.1) is 4.77 Å². The van der Waals surface area contributed by atoms with Crippen LogP contribution in [0.5, 0.6) is 11.6 Å². The molecule has 0 aliphatic carbocycles. The first-order valence-electron chi connectivity index (χ1n) is 6.74. The molecule has 1 amide bonds. The van der Waals surface area contributed by atoms with Gasteiger partial charge in [-0.1, -0.05) is 18.2 Å². The zero-order valence-electron chi connectivity index (χ0n) is 12.4. The van der Waals surface area contributed by atoms with Crippen LogP contribution in [0.3, 0.4) is 0 Å². The van der Waals surface area contributed by atoms with E-state index in [-0.39, 0.29) is 28.2 Å². The zero-order chi connectivity index (χ0) is 17.7. The van der Waals surface area contributed by atoms with Gasteiger partial charge in [-0.3, -0.25) is 19.1 Å². The topological polar surface area (TPSA) is 120 Å². The van der Waals surface area contributed by atoms with Gasteiger partial charge in [-0.05, 0) is 24.4 Å². The predicted molar refractivity (Wildman–Crippen MR) is 90.9 cm³/mol. The maximum Gasteiger partial charge on any atom is 0.275 e. The number of carbonyl (C=O) groups excluding carboxylic acids is 1. The maximum atomic E-state index is 11.9. The van der Waals surface area contributed by atoms with Crippen LogP contribution >= 0.6 is 12.2 Å². The van der Waals surface area contributed by atoms with Crippen molar-refractivity contribution >= 4 is 24.3 Å². The Bertz CT molecular complexity index is 930. The number of carbonyl (C=O) groups is 1. The Morgan fingerprint density at radius 1 is 1.42 bits per heavy atom.